The number of rotatable bonds is 6. The van der Waals surface area contributed by atoms with Crippen molar-refractivity contribution in [3.8, 4) is 0 Å². The van der Waals surface area contributed by atoms with E-state index in [0.29, 0.717) is 17.4 Å². The Labute approximate surface area is 130 Å². The Morgan fingerprint density at radius 2 is 2.15 bits per heavy atom. The highest BCUT2D eigenvalue weighted by atomic mass is 35.5. The van der Waals surface area contributed by atoms with Crippen LogP contribution in [-0.2, 0) is 14.8 Å². The van der Waals surface area contributed by atoms with Crippen LogP contribution in [0.2, 0.25) is 0 Å². The molecule has 0 spiro atoms. The van der Waals surface area contributed by atoms with Gasteiger partial charge in [0, 0.05) is 19.1 Å². The van der Waals surface area contributed by atoms with Crippen LogP contribution in [0.5, 0.6) is 0 Å². The van der Waals surface area contributed by atoms with Gasteiger partial charge in [0.25, 0.3) is 0 Å². The van der Waals surface area contributed by atoms with Gasteiger partial charge in [-0.05, 0) is 37.4 Å². The van der Waals surface area contributed by atoms with Gasteiger partial charge in [-0.1, -0.05) is 6.07 Å². The van der Waals surface area contributed by atoms with E-state index in [1.807, 2.05) is 0 Å². The number of sulfonamides is 1. The third-order valence-corrected chi connectivity index (χ3v) is 6.31. The molecule has 8 heteroatoms. The van der Waals surface area contributed by atoms with Crippen LogP contribution in [0, 0.1) is 5.41 Å². The zero-order valence-corrected chi connectivity index (χ0v) is 13.9. The lowest BCUT2D eigenvalue weighted by molar-refractivity contribution is 0.0577. The van der Waals surface area contributed by atoms with Crippen LogP contribution in [0.3, 0.4) is 0 Å². The first-order valence-electron chi connectivity index (χ1n) is 6.31. The minimum atomic E-state index is -3.38. The molecule has 0 aromatic carbocycles. The second-order valence-corrected chi connectivity index (χ2v) is 7.88. The van der Waals surface area contributed by atoms with E-state index in [-0.39, 0.29) is 17.8 Å². The van der Waals surface area contributed by atoms with Crippen molar-refractivity contribution in [1.29, 1.82) is 0 Å². The van der Waals surface area contributed by atoms with E-state index in [1.54, 1.807) is 24.6 Å². The molecule has 0 atom stereocenters. The van der Waals surface area contributed by atoms with Crippen LogP contribution in [0.15, 0.2) is 21.7 Å². The molecule has 1 aromatic heterocycles. The van der Waals surface area contributed by atoms with E-state index in [2.05, 4.69) is 10.0 Å². The maximum Gasteiger partial charge on any atom is 0.250 e. The van der Waals surface area contributed by atoms with Gasteiger partial charge < -0.3 is 10.1 Å². The molecule has 0 radical (unpaired) electrons. The van der Waals surface area contributed by atoms with Crippen molar-refractivity contribution in [2.24, 2.45) is 5.41 Å². The average Bonchev–Trinajstić information content (AvgIpc) is 2.93. The Bertz CT molecular complexity index is 479. The van der Waals surface area contributed by atoms with Crippen molar-refractivity contribution in [2.45, 2.75) is 17.1 Å². The minimum Gasteiger partial charge on any atom is -0.384 e. The first-order valence-corrected chi connectivity index (χ1v) is 8.67. The first kappa shape index (κ1) is 17.9. The second kappa shape index (κ2) is 7.72. The fourth-order valence-electron chi connectivity index (χ4n) is 2.37. The molecular formula is C12H21ClN2O3S2. The van der Waals surface area contributed by atoms with E-state index in [1.165, 1.54) is 11.3 Å². The fourth-order valence-corrected chi connectivity index (χ4v) is 4.57. The lowest BCUT2D eigenvalue weighted by atomic mass is 9.80. The highest BCUT2D eigenvalue weighted by Gasteiger charge is 2.33. The maximum atomic E-state index is 12.1. The summed E-state index contributed by atoms with van der Waals surface area (Å²) < 4.78 is 32.6. The van der Waals surface area contributed by atoms with Crippen molar-refractivity contribution in [3.63, 3.8) is 0 Å². The van der Waals surface area contributed by atoms with Gasteiger partial charge in [-0.25, -0.2) is 13.1 Å². The number of methoxy groups -OCH3 is 1. The summed E-state index contributed by atoms with van der Waals surface area (Å²) in [5.41, 5.74) is -0.0929. The Morgan fingerprint density at radius 1 is 1.45 bits per heavy atom. The van der Waals surface area contributed by atoms with Crippen molar-refractivity contribution in [3.05, 3.63) is 17.5 Å². The molecule has 0 aliphatic carbocycles. The summed E-state index contributed by atoms with van der Waals surface area (Å²) in [6, 6.07) is 3.37. The molecule has 2 N–H and O–H groups in total. The molecule has 116 valence electrons. The smallest absolute Gasteiger partial charge is 0.250 e. The quantitative estimate of drug-likeness (QED) is 0.822. The topological polar surface area (TPSA) is 67.4 Å². The Balaban J connectivity index is 0.00000200. The normalized spacial score (nSPS) is 18.4. The maximum absolute atomic E-state index is 12.1. The zero-order chi connectivity index (χ0) is 13.8. The molecule has 1 saturated heterocycles. The van der Waals surface area contributed by atoms with Crippen LogP contribution in [0.4, 0.5) is 0 Å². The van der Waals surface area contributed by atoms with Gasteiger partial charge in [0.05, 0.1) is 6.61 Å². The van der Waals surface area contributed by atoms with Gasteiger partial charge in [-0.2, -0.15) is 0 Å². The molecule has 2 heterocycles. The molecule has 20 heavy (non-hydrogen) atoms. The van der Waals surface area contributed by atoms with Gasteiger partial charge in [-0.15, -0.1) is 23.7 Å². The molecule has 0 amide bonds. The average molecular weight is 341 g/mol. The predicted molar refractivity (Wildman–Crippen MR) is 83.2 cm³/mol. The number of halogens is 1. The van der Waals surface area contributed by atoms with Crippen molar-refractivity contribution in [1.82, 2.24) is 10.0 Å². The highest BCUT2D eigenvalue weighted by molar-refractivity contribution is 7.91. The third kappa shape index (κ3) is 4.41. The molecule has 1 aromatic rings. The minimum absolute atomic E-state index is 0. The molecular weight excluding hydrogens is 320 g/mol. The van der Waals surface area contributed by atoms with Crippen LogP contribution in [-0.4, -0.2) is 41.8 Å². The van der Waals surface area contributed by atoms with Gasteiger partial charge in [-0.3, -0.25) is 0 Å². The summed E-state index contributed by atoms with van der Waals surface area (Å²) in [7, 11) is -1.72. The van der Waals surface area contributed by atoms with Crippen molar-refractivity contribution in [2.75, 3.05) is 33.4 Å². The van der Waals surface area contributed by atoms with Gasteiger partial charge in [0.1, 0.15) is 4.21 Å². The van der Waals surface area contributed by atoms with Crippen molar-refractivity contribution >= 4 is 33.8 Å². The highest BCUT2D eigenvalue weighted by Crippen LogP contribution is 2.29. The van der Waals surface area contributed by atoms with Crippen LogP contribution < -0.4 is 10.0 Å². The molecule has 5 nitrogen and oxygen atoms in total. The number of ether oxygens (including phenoxy) is 1. The van der Waals surface area contributed by atoms with Gasteiger partial charge >= 0.3 is 0 Å². The zero-order valence-electron chi connectivity index (χ0n) is 11.4. The van der Waals surface area contributed by atoms with Crippen molar-refractivity contribution < 1.29 is 13.2 Å². The number of nitrogens with one attached hydrogen (secondary N) is 2. The van der Waals surface area contributed by atoms with Gasteiger partial charge in [0.15, 0.2) is 0 Å². The van der Waals surface area contributed by atoms with Crippen LogP contribution in [0.1, 0.15) is 12.8 Å². The third-order valence-electron chi connectivity index (χ3n) is 3.51. The summed E-state index contributed by atoms with van der Waals surface area (Å²) in [6.07, 6.45) is 1.85. The summed E-state index contributed by atoms with van der Waals surface area (Å²) in [5, 5.41) is 5.06. The van der Waals surface area contributed by atoms with E-state index < -0.39 is 10.0 Å². The Kier molecular flexibility index (Phi) is 6.90. The summed E-state index contributed by atoms with van der Waals surface area (Å²) in [6.45, 7) is 2.83. The first-order chi connectivity index (χ1) is 9.08. The van der Waals surface area contributed by atoms with Crippen LogP contribution >= 0.6 is 23.7 Å². The second-order valence-electron chi connectivity index (χ2n) is 4.94. The predicted octanol–water partition coefficient (Wildman–Crippen LogP) is 1.46. The summed E-state index contributed by atoms with van der Waals surface area (Å²) in [4.78, 5) is 0. The Morgan fingerprint density at radius 3 is 2.70 bits per heavy atom. The number of piperidine rings is 1. The van der Waals surface area contributed by atoms with E-state index in [0.717, 1.165) is 25.9 Å². The largest absolute Gasteiger partial charge is 0.384 e. The SMILES string of the molecule is COCC1(CNS(=O)(=O)c2cccs2)CCNCC1.Cl. The number of hydrogen-bond acceptors (Lipinski definition) is 5. The molecule has 1 aliphatic heterocycles. The van der Waals surface area contributed by atoms with E-state index >= 15 is 0 Å². The Hall–Kier alpha value is -0.180. The lowest BCUT2D eigenvalue weighted by Crippen LogP contribution is -2.47. The van der Waals surface area contributed by atoms with Gasteiger partial charge in [0.2, 0.25) is 10.0 Å². The molecule has 0 bridgehead atoms. The number of thiophene rings is 1. The molecule has 1 fully saturated rings. The standard InChI is InChI=1S/C12H20N2O3S2.ClH/c1-17-10-12(4-6-13-7-5-12)9-14-19(15,16)11-3-2-8-18-11;/h2-3,8,13-14H,4-7,9-10H2,1H3;1H. The van der Waals surface area contributed by atoms with E-state index in [9.17, 15) is 8.42 Å². The molecule has 0 unspecified atom stereocenters. The monoisotopic (exact) mass is 340 g/mol. The number of hydrogen-bond donors (Lipinski definition) is 2. The fraction of sp³-hybridized carbons (Fsp3) is 0.667. The molecule has 2 rings (SSSR count). The summed E-state index contributed by atoms with van der Waals surface area (Å²) >= 11 is 1.23. The van der Waals surface area contributed by atoms with Crippen LogP contribution in [0.25, 0.3) is 0 Å². The molecule has 1 aliphatic rings. The summed E-state index contributed by atoms with van der Waals surface area (Å²) in [5.74, 6) is 0. The lowest BCUT2D eigenvalue weighted by Gasteiger charge is -2.37. The molecule has 0 saturated carbocycles. The van der Waals surface area contributed by atoms with E-state index in [4.69, 9.17) is 4.74 Å².